The highest BCUT2D eigenvalue weighted by atomic mass is 16.5. The van der Waals surface area contributed by atoms with Crippen molar-refractivity contribution in [1.82, 2.24) is 0 Å². The van der Waals surface area contributed by atoms with E-state index in [2.05, 4.69) is 26.0 Å². The molecule has 0 saturated carbocycles. The molecule has 3 heteroatoms. The SMILES string of the molecule is CCC[C@H](O)C[C@@H]1CC[C@H]([C@@H](C)COCc2ccccc2)O1. The fourth-order valence-electron chi connectivity index (χ4n) is 3.12. The second kappa shape index (κ2) is 9.29. The number of hydrogen-bond acceptors (Lipinski definition) is 3. The van der Waals surface area contributed by atoms with Crippen LogP contribution in [-0.4, -0.2) is 30.0 Å². The van der Waals surface area contributed by atoms with Gasteiger partial charge in [-0.05, 0) is 31.2 Å². The summed E-state index contributed by atoms with van der Waals surface area (Å²) in [6.07, 6.45) is 5.12. The Kier molecular flexibility index (Phi) is 7.37. The first-order valence-corrected chi connectivity index (χ1v) is 8.64. The molecular formula is C19H30O3. The molecule has 124 valence electrons. The van der Waals surface area contributed by atoms with Crippen molar-refractivity contribution in [3.63, 3.8) is 0 Å². The first-order valence-electron chi connectivity index (χ1n) is 8.64. The Hall–Kier alpha value is -0.900. The van der Waals surface area contributed by atoms with Gasteiger partial charge in [-0.15, -0.1) is 0 Å². The molecule has 0 unspecified atom stereocenters. The molecule has 0 aromatic heterocycles. The minimum absolute atomic E-state index is 0.210. The quantitative estimate of drug-likeness (QED) is 0.751. The van der Waals surface area contributed by atoms with E-state index in [4.69, 9.17) is 9.47 Å². The Labute approximate surface area is 134 Å². The number of benzene rings is 1. The molecule has 1 fully saturated rings. The predicted molar refractivity (Wildman–Crippen MR) is 88.7 cm³/mol. The molecule has 1 aromatic rings. The van der Waals surface area contributed by atoms with Gasteiger partial charge in [-0.3, -0.25) is 0 Å². The zero-order valence-corrected chi connectivity index (χ0v) is 13.9. The molecule has 0 amide bonds. The zero-order chi connectivity index (χ0) is 15.8. The average Bonchev–Trinajstić information content (AvgIpc) is 2.97. The van der Waals surface area contributed by atoms with Gasteiger partial charge >= 0.3 is 0 Å². The third kappa shape index (κ3) is 5.71. The molecule has 0 aliphatic carbocycles. The van der Waals surface area contributed by atoms with Crippen LogP contribution in [0.5, 0.6) is 0 Å². The van der Waals surface area contributed by atoms with Gasteiger partial charge in [-0.2, -0.15) is 0 Å². The minimum Gasteiger partial charge on any atom is -0.393 e. The van der Waals surface area contributed by atoms with E-state index in [0.717, 1.165) is 38.7 Å². The lowest BCUT2D eigenvalue weighted by Crippen LogP contribution is -2.24. The van der Waals surface area contributed by atoms with Crippen LogP contribution in [0.4, 0.5) is 0 Å². The second-order valence-corrected chi connectivity index (χ2v) is 6.53. The van der Waals surface area contributed by atoms with Crippen LogP contribution in [0.1, 0.15) is 51.5 Å². The molecule has 0 bridgehead atoms. The third-order valence-corrected chi connectivity index (χ3v) is 4.42. The van der Waals surface area contributed by atoms with E-state index in [9.17, 15) is 5.11 Å². The topological polar surface area (TPSA) is 38.7 Å². The Bertz CT molecular complexity index is 406. The van der Waals surface area contributed by atoms with Crippen molar-refractivity contribution >= 4 is 0 Å². The summed E-state index contributed by atoms with van der Waals surface area (Å²) >= 11 is 0. The summed E-state index contributed by atoms with van der Waals surface area (Å²) < 4.78 is 11.9. The molecule has 0 radical (unpaired) electrons. The van der Waals surface area contributed by atoms with Crippen molar-refractivity contribution < 1.29 is 14.6 Å². The van der Waals surface area contributed by atoms with E-state index < -0.39 is 0 Å². The van der Waals surface area contributed by atoms with Gasteiger partial charge in [0.15, 0.2) is 0 Å². The molecule has 1 saturated heterocycles. The van der Waals surface area contributed by atoms with Gasteiger partial charge in [0, 0.05) is 5.92 Å². The Morgan fingerprint density at radius 2 is 2.05 bits per heavy atom. The third-order valence-electron chi connectivity index (χ3n) is 4.42. The Morgan fingerprint density at radius 3 is 2.77 bits per heavy atom. The average molecular weight is 306 g/mol. The Balaban J connectivity index is 1.65. The molecule has 1 aliphatic rings. The van der Waals surface area contributed by atoms with Crippen molar-refractivity contribution in [3.8, 4) is 0 Å². The van der Waals surface area contributed by atoms with Gasteiger partial charge in [0.05, 0.1) is 31.5 Å². The highest BCUT2D eigenvalue weighted by Gasteiger charge is 2.30. The highest BCUT2D eigenvalue weighted by Crippen LogP contribution is 2.28. The Morgan fingerprint density at radius 1 is 1.27 bits per heavy atom. The molecule has 1 N–H and O–H groups in total. The molecule has 2 rings (SSSR count). The fraction of sp³-hybridized carbons (Fsp3) is 0.684. The largest absolute Gasteiger partial charge is 0.393 e. The summed E-state index contributed by atoms with van der Waals surface area (Å²) in [6.45, 7) is 5.69. The molecular weight excluding hydrogens is 276 g/mol. The first kappa shape index (κ1) is 17.5. The lowest BCUT2D eigenvalue weighted by Gasteiger charge is -2.21. The van der Waals surface area contributed by atoms with Gasteiger partial charge in [0.1, 0.15) is 0 Å². The number of rotatable bonds is 9. The maximum Gasteiger partial charge on any atom is 0.0717 e. The molecule has 1 heterocycles. The summed E-state index contributed by atoms with van der Waals surface area (Å²) in [5.41, 5.74) is 1.21. The molecule has 1 aliphatic heterocycles. The van der Waals surface area contributed by atoms with Crippen LogP contribution in [0.2, 0.25) is 0 Å². The summed E-state index contributed by atoms with van der Waals surface area (Å²) in [5, 5.41) is 9.90. The standard InChI is InChI=1S/C19H30O3/c1-3-7-17(20)12-18-10-11-19(22-18)15(2)13-21-14-16-8-5-4-6-9-16/h4-6,8-9,15,17-20H,3,7,10-14H2,1-2H3/t15-,17-,18-,19+/m0/s1. The van der Waals surface area contributed by atoms with Gasteiger partial charge < -0.3 is 14.6 Å². The van der Waals surface area contributed by atoms with Crippen LogP contribution in [0.3, 0.4) is 0 Å². The molecule has 4 atom stereocenters. The predicted octanol–water partition coefficient (Wildman–Crippen LogP) is 3.94. The van der Waals surface area contributed by atoms with E-state index in [-0.39, 0.29) is 18.3 Å². The second-order valence-electron chi connectivity index (χ2n) is 6.53. The van der Waals surface area contributed by atoms with Crippen LogP contribution < -0.4 is 0 Å². The number of ether oxygens (including phenoxy) is 2. The minimum atomic E-state index is -0.210. The lowest BCUT2D eigenvalue weighted by molar-refractivity contribution is -0.0331. The van der Waals surface area contributed by atoms with E-state index >= 15 is 0 Å². The van der Waals surface area contributed by atoms with Crippen molar-refractivity contribution in [2.24, 2.45) is 5.92 Å². The smallest absolute Gasteiger partial charge is 0.0717 e. The maximum atomic E-state index is 9.90. The van der Waals surface area contributed by atoms with E-state index in [1.54, 1.807) is 0 Å². The van der Waals surface area contributed by atoms with Crippen LogP contribution >= 0.6 is 0 Å². The van der Waals surface area contributed by atoms with Crippen molar-refractivity contribution in [1.29, 1.82) is 0 Å². The van der Waals surface area contributed by atoms with E-state index in [1.165, 1.54) is 5.56 Å². The van der Waals surface area contributed by atoms with E-state index in [1.807, 2.05) is 18.2 Å². The summed E-state index contributed by atoms with van der Waals surface area (Å²) in [7, 11) is 0. The van der Waals surface area contributed by atoms with Gasteiger partial charge in [-0.25, -0.2) is 0 Å². The number of aliphatic hydroxyl groups is 1. The van der Waals surface area contributed by atoms with Crippen molar-refractivity contribution in [2.45, 2.75) is 70.9 Å². The highest BCUT2D eigenvalue weighted by molar-refractivity contribution is 5.13. The van der Waals surface area contributed by atoms with Crippen LogP contribution in [-0.2, 0) is 16.1 Å². The molecule has 1 aromatic carbocycles. The molecule has 22 heavy (non-hydrogen) atoms. The van der Waals surface area contributed by atoms with Crippen molar-refractivity contribution in [3.05, 3.63) is 35.9 Å². The van der Waals surface area contributed by atoms with Crippen molar-refractivity contribution in [2.75, 3.05) is 6.61 Å². The summed E-state index contributed by atoms with van der Waals surface area (Å²) in [4.78, 5) is 0. The maximum absolute atomic E-state index is 9.90. The first-order chi connectivity index (χ1) is 10.7. The number of aliphatic hydroxyl groups excluding tert-OH is 1. The monoisotopic (exact) mass is 306 g/mol. The molecule has 3 nitrogen and oxygen atoms in total. The van der Waals surface area contributed by atoms with E-state index in [0.29, 0.717) is 12.5 Å². The zero-order valence-electron chi connectivity index (χ0n) is 13.9. The van der Waals surface area contributed by atoms with Gasteiger partial charge in [0.25, 0.3) is 0 Å². The van der Waals surface area contributed by atoms with Gasteiger partial charge in [-0.1, -0.05) is 50.6 Å². The van der Waals surface area contributed by atoms with Gasteiger partial charge in [0.2, 0.25) is 0 Å². The lowest BCUT2D eigenvalue weighted by atomic mass is 10.0. The fourth-order valence-corrected chi connectivity index (χ4v) is 3.12. The number of hydrogen-bond donors (Lipinski definition) is 1. The van der Waals surface area contributed by atoms with Crippen LogP contribution in [0.15, 0.2) is 30.3 Å². The normalized spacial score (nSPS) is 24.3. The summed E-state index contributed by atoms with van der Waals surface area (Å²) in [6, 6.07) is 10.3. The van der Waals surface area contributed by atoms with Crippen LogP contribution in [0.25, 0.3) is 0 Å². The molecule has 0 spiro atoms. The summed E-state index contributed by atoms with van der Waals surface area (Å²) in [5.74, 6) is 0.400. The van der Waals surface area contributed by atoms with Crippen LogP contribution in [0, 0.1) is 5.92 Å².